The summed E-state index contributed by atoms with van der Waals surface area (Å²) < 4.78 is 31.3. The molecule has 0 bridgehead atoms. The van der Waals surface area contributed by atoms with Crippen molar-refractivity contribution in [3.63, 3.8) is 0 Å². The third-order valence-electron chi connectivity index (χ3n) is 8.00. The molecule has 1 aromatic rings. The van der Waals surface area contributed by atoms with Crippen LogP contribution in [0.2, 0.25) is 5.02 Å². The number of hydrogen-bond acceptors (Lipinski definition) is 5. The molecule has 3 rings (SSSR count). The lowest BCUT2D eigenvalue weighted by Gasteiger charge is -2.42. The summed E-state index contributed by atoms with van der Waals surface area (Å²) in [5, 5.41) is 14.3. The number of aromatic nitrogens is 1. The lowest BCUT2D eigenvalue weighted by molar-refractivity contribution is -0.909. The molecule has 2 aliphatic rings. The number of rotatable bonds is 9. The lowest BCUT2D eigenvalue weighted by Crippen LogP contribution is -2.53. The number of aliphatic carboxylic acids is 1. The zero-order valence-corrected chi connectivity index (χ0v) is 25.6. The summed E-state index contributed by atoms with van der Waals surface area (Å²) in [4.78, 5) is 44.6. The molecule has 41 heavy (non-hydrogen) atoms. The molecule has 1 fully saturated rings. The minimum atomic E-state index is -3.53. The van der Waals surface area contributed by atoms with Gasteiger partial charge in [-0.1, -0.05) is 43.5 Å². The van der Waals surface area contributed by atoms with Gasteiger partial charge in [0.05, 0.1) is 24.0 Å². The normalized spacial score (nSPS) is 25.2. The fourth-order valence-electron chi connectivity index (χ4n) is 5.78. The molecule has 0 radical (unpaired) electrons. The topological polar surface area (TPSA) is 99.9 Å². The molecule has 0 aromatic carbocycles. The second kappa shape index (κ2) is 11.7. The average molecular weight is 594 g/mol. The van der Waals surface area contributed by atoms with Gasteiger partial charge in [0.2, 0.25) is 5.70 Å². The number of pyridine rings is 1. The number of allylic oxidation sites excluding steroid dienone is 2. The molecule has 11 heteroatoms. The molecular formula is C30H40ClF2N4O4+. The number of quaternary nitrogens is 1. The van der Waals surface area contributed by atoms with Crippen LogP contribution in [0.25, 0.3) is 0 Å². The maximum absolute atomic E-state index is 15.9. The average Bonchev–Trinajstić information content (AvgIpc) is 3.21. The number of aryl methyl sites for hydroxylation is 1. The van der Waals surface area contributed by atoms with Crippen molar-refractivity contribution < 1.29 is 32.9 Å². The molecule has 224 valence electrons. The van der Waals surface area contributed by atoms with Crippen LogP contribution >= 0.6 is 11.6 Å². The Morgan fingerprint density at radius 3 is 2.34 bits per heavy atom. The number of carbonyl (C=O) groups is 3. The summed E-state index contributed by atoms with van der Waals surface area (Å²) in [6.07, 6.45) is 7.30. The second-order valence-electron chi connectivity index (χ2n) is 12.7. The number of carbonyl (C=O) groups excluding carboxylic acids is 2. The first kappa shape index (κ1) is 32.5. The molecule has 1 aliphatic carbocycles. The van der Waals surface area contributed by atoms with E-state index in [1.54, 1.807) is 13.8 Å². The molecule has 1 unspecified atom stereocenters. The number of Topliss-reactive ketones (excluding diaryl/α,β-unsaturated/α-hetero) is 1. The Labute approximate surface area is 245 Å². The first-order valence-electron chi connectivity index (χ1n) is 13.7. The number of carboxylic acid groups (broad SMARTS) is 1. The minimum absolute atomic E-state index is 0.114. The predicted octanol–water partition coefficient (Wildman–Crippen LogP) is 6.05. The zero-order valence-electron chi connectivity index (χ0n) is 24.8. The minimum Gasteiger partial charge on any atom is -0.481 e. The maximum Gasteiger partial charge on any atom is 0.341 e. The van der Waals surface area contributed by atoms with Crippen LogP contribution in [-0.2, 0) is 9.59 Å². The van der Waals surface area contributed by atoms with Crippen molar-refractivity contribution in [1.82, 2.24) is 9.88 Å². The Kier molecular flexibility index (Phi) is 9.30. The molecule has 2 heterocycles. The Hall–Kier alpha value is -2.98. The second-order valence-corrected chi connectivity index (χ2v) is 13.1. The van der Waals surface area contributed by atoms with E-state index in [0.29, 0.717) is 31.2 Å². The zero-order chi connectivity index (χ0) is 31.0. The molecule has 1 atom stereocenters. The molecule has 8 nitrogen and oxygen atoms in total. The van der Waals surface area contributed by atoms with Crippen molar-refractivity contribution in [1.29, 1.82) is 0 Å². The van der Waals surface area contributed by atoms with E-state index < -0.39 is 50.7 Å². The highest BCUT2D eigenvalue weighted by Crippen LogP contribution is 2.47. The van der Waals surface area contributed by atoms with E-state index >= 15 is 8.78 Å². The third kappa shape index (κ3) is 6.75. The highest BCUT2D eigenvalue weighted by atomic mass is 35.5. The predicted molar refractivity (Wildman–Crippen MR) is 154 cm³/mol. The van der Waals surface area contributed by atoms with Crippen LogP contribution in [-0.4, -0.2) is 75.6 Å². The van der Waals surface area contributed by atoms with Crippen LogP contribution in [0.4, 0.5) is 8.78 Å². The van der Waals surface area contributed by atoms with Gasteiger partial charge in [0.15, 0.2) is 5.78 Å². The van der Waals surface area contributed by atoms with Gasteiger partial charge in [-0.3, -0.25) is 19.4 Å². The fraction of sp³-hybridized carbons (Fsp3) is 0.567. The Morgan fingerprint density at radius 1 is 1.22 bits per heavy atom. The number of hydrogen-bond donors (Lipinski definition) is 1. The number of amides is 1. The van der Waals surface area contributed by atoms with Crippen molar-refractivity contribution in [3.8, 4) is 0 Å². The summed E-state index contributed by atoms with van der Waals surface area (Å²) in [6, 6.07) is -0.453. The van der Waals surface area contributed by atoms with Gasteiger partial charge >= 0.3 is 11.9 Å². The number of halogens is 3. The van der Waals surface area contributed by atoms with E-state index in [4.69, 9.17) is 11.6 Å². The molecule has 1 N–H and O–H groups in total. The summed E-state index contributed by atoms with van der Waals surface area (Å²) >= 11 is 6.27. The van der Waals surface area contributed by atoms with Gasteiger partial charge in [-0.15, -0.1) is 0 Å². The number of ketones is 1. The molecule has 1 amide bonds. The first-order valence-corrected chi connectivity index (χ1v) is 14.1. The van der Waals surface area contributed by atoms with Gasteiger partial charge in [-0.25, -0.2) is 0 Å². The molecule has 1 aliphatic heterocycles. The highest BCUT2D eigenvalue weighted by molar-refractivity contribution is 6.34. The van der Waals surface area contributed by atoms with E-state index in [2.05, 4.69) is 10.1 Å². The fourth-order valence-corrected chi connectivity index (χ4v) is 6.09. The lowest BCUT2D eigenvalue weighted by atomic mass is 9.73. The van der Waals surface area contributed by atoms with Crippen LogP contribution in [0.3, 0.4) is 0 Å². The Morgan fingerprint density at radius 2 is 1.83 bits per heavy atom. The standard InChI is InChI=1S/C30H39ClF2N4O4/c1-8-11-30(32,33)25-21(15-35-37(25,7)20-9-12-29(6,13-10-20)27(40)41)26(39)36(18-28(3,4)5)17-23(38)24-19(2)14-34-16-22(24)31/h8,11,14-16,20H,9-10,12-13,17-18H2,1-7H3/p+1. The molecular weight excluding hydrogens is 554 g/mol. The van der Waals surface area contributed by atoms with Crippen molar-refractivity contribution in [2.24, 2.45) is 15.9 Å². The highest BCUT2D eigenvalue weighted by Gasteiger charge is 2.57. The Balaban J connectivity index is 2.08. The molecule has 1 aromatic heterocycles. The van der Waals surface area contributed by atoms with Crippen LogP contribution in [0.15, 0.2) is 40.9 Å². The van der Waals surface area contributed by atoms with Crippen molar-refractivity contribution in [3.05, 3.63) is 52.0 Å². The molecule has 0 spiro atoms. The van der Waals surface area contributed by atoms with E-state index in [1.165, 1.54) is 43.6 Å². The van der Waals surface area contributed by atoms with Crippen molar-refractivity contribution in [2.45, 2.75) is 79.2 Å². The summed E-state index contributed by atoms with van der Waals surface area (Å²) in [7, 11) is 1.54. The van der Waals surface area contributed by atoms with E-state index in [9.17, 15) is 19.5 Å². The number of nitrogens with zero attached hydrogens (tertiary/aromatic N) is 4. The monoisotopic (exact) mass is 593 g/mol. The van der Waals surface area contributed by atoms with Gasteiger partial charge < -0.3 is 10.0 Å². The first-order chi connectivity index (χ1) is 18.9. The summed E-state index contributed by atoms with van der Waals surface area (Å²) in [6.45, 7) is 10.2. The van der Waals surface area contributed by atoms with E-state index in [1.807, 2.05) is 20.8 Å². The van der Waals surface area contributed by atoms with E-state index in [-0.39, 0.29) is 29.2 Å². The smallest absolute Gasteiger partial charge is 0.341 e. The number of carboxylic acids is 1. The SMILES string of the molecule is CC=CC(F)(F)C1=C(C(=O)N(CC(=O)c2c(C)cncc2Cl)CC(C)(C)C)C=N[N+]1(C)C1CCC(C)(C(=O)O)CC1. The van der Waals surface area contributed by atoms with Gasteiger partial charge in [-0.2, -0.15) is 13.4 Å². The quantitative estimate of drug-likeness (QED) is 0.214. The third-order valence-corrected chi connectivity index (χ3v) is 8.28. The largest absolute Gasteiger partial charge is 0.481 e. The van der Waals surface area contributed by atoms with Gasteiger partial charge in [-0.05, 0) is 50.7 Å². The van der Waals surface area contributed by atoms with Crippen LogP contribution in [0.5, 0.6) is 0 Å². The number of alkyl halides is 2. The Bertz CT molecular complexity index is 1290. The van der Waals surface area contributed by atoms with Crippen molar-refractivity contribution in [2.75, 3.05) is 20.1 Å². The van der Waals surface area contributed by atoms with Gasteiger partial charge in [0, 0.05) is 37.3 Å². The maximum atomic E-state index is 15.9. The van der Waals surface area contributed by atoms with Gasteiger partial charge in [0.25, 0.3) is 5.91 Å². The van der Waals surface area contributed by atoms with Crippen LogP contribution < -0.4 is 0 Å². The van der Waals surface area contributed by atoms with Crippen molar-refractivity contribution >= 4 is 35.5 Å². The summed E-state index contributed by atoms with van der Waals surface area (Å²) in [5.74, 6) is -5.60. The molecule has 1 saturated carbocycles. The van der Waals surface area contributed by atoms with Crippen LogP contribution in [0, 0.1) is 17.8 Å². The summed E-state index contributed by atoms with van der Waals surface area (Å²) in [5.41, 5.74) is -1.37. The van der Waals surface area contributed by atoms with E-state index in [0.717, 1.165) is 6.08 Å². The van der Waals surface area contributed by atoms with Gasteiger partial charge in [0.1, 0.15) is 17.8 Å². The van der Waals surface area contributed by atoms with Crippen LogP contribution in [0.1, 0.15) is 76.2 Å². The molecule has 0 saturated heterocycles.